The SMILES string of the molecule is Cc1ccc(-c2ccccc2C(=O)N2CC[C@@H]2CNC(=O)c2nc3scc(C)n3c2C)cc1C. The van der Waals surface area contributed by atoms with Gasteiger partial charge in [0.1, 0.15) is 0 Å². The molecule has 1 N–H and O–H groups in total. The number of imidazole rings is 1. The zero-order valence-corrected chi connectivity index (χ0v) is 20.7. The number of fused-ring (bicyclic) bond motifs is 1. The fourth-order valence-electron chi connectivity index (χ4n) is 4.58. The minimum absolute atomic E-state index is 0.00800. The van der Waals surface area contributed by atoms with Crippen LogP contribution in [0.3, 0.4) is 0 Å². The van der Waals surface area contributed by atoms with Gasteiger partial charge in [-0.2, -0.15) is 0 Å². The molecule has 2 aromatic heterocycles. The molecule has 0 aliphatic carbocycles. The minimum Gasteiger partial charge on any atom is -0.349 e. The maximum atomic E-state index is 13.5. The molecule has 1 fully saturated rings. The topological polar surface area (TPSA) is 66.7 Å². The summed E-state index contributed by atoms with van der Waals surface area (Å²) in [5.41, 5.74) is 7.48. The number of benzene rings is 2. The van der Waals surface area contributed by atoms with Gasteiger partial charge < -0.3 is 10.2 Å². The number of carbonyl (C=O) groups is 2. The van der Waals surface area contributed by atoms with Crippen molar-refractivity contribution in [3.8, 4) is 11.1 Å². The van der Waals surface area contributed by atoms with Gasteiger partial charge in [0.25, 0.3) is 11.8 Å². The number of hydrogen-bond acceptors (Lipinski definition) is 4. The van der Waals surface area contributed by atoms with Gasteiger partial charge in [-0.1, -0.05) is 36.4 Å². The third-order valence-electron chi connectivity index (χ3n) is 6.86. The molecule has 3 heterocycles. The summed E-state index contributed by atoms with van der Waals surface area (Å²) in [6.45, 7) is 9.21. The smallest absolute Gasteiger partial charge is 0.271 e. The minimum atomic E-state index is -0.192. The molecule has 1 aliphatic rings. The van der Waals surface area contributed by atoms with Crippen LogP contribution in [0.4, 0.5) is 0 Å². The average Bonchev–Trinajstić information content (AvgIpc) is 3.34. The van der Waals surface area contributed by atoms with Crippen molar-refractivity contribution in [1.82, 2.24) is 19.6 Å². The van der Waals surface area contributed by atoms with Crippen molar-refractivity contribution in [1.29, 1.82) is 0 Å². The molecule has 7 heteroatoms. The number of hydrogen-bond donors (Lipinski definition) is 1. The van der Waals surface area contributed by atoms with Crippen molar-refractivity contribution in [2.45, 2.75) is 40.2 Å². The number of nitrogens with zero attached hydrogens (tertiary/aromatic N) is 3. The average molecular weight is 473 g/mol. The highest BCUT2D eigenvalue weighted by atomic mass is 32.1. The molecule has 1 aliphatic heterocycles. The van der Waals surface area contributed by atoms with Crippen LogP contribution in [0.1, 0.15) is 49.8 Å². The Labute approximate surface area is 203 Å². The first kappa shape index (κ1) is 22.3. The van der Waals surface area contributed by atoms with Crippen molar-refractivity contribution in [3.05, 3.63) is 81.6 Å². The van der Waals surface area contributed by atoms with Crippen LogP contribution in [0.15, 0.2) is 47.8 Å². The predicted molar refractivity (Wildman–Crippen MR) is 136 cm³/mol. The summed E-state index contributed by atoms with van der Waals surface area (Å²) in [6.07, 6.45) is 0.869. The maximum absolute atomic E-state index is 13.5. The molecule has 2 aromatic carbocycles. The third-order valence-corrected chi connectivity index (χ3v) is 7.80. The molecule has 6 nitrogen and oxygen atoms in total. The lowest BCUT2D eigenvalue weighted by atomic mass is 9.94. The van der Waals surface area contributed by atoms with Crippen LogP contribution >= 0.6 is 11.3 Å². The van der Waals surface area contributed by atoms with Crippen LogP contribution in [-0.2, 0) is 0 Å². The van der Waals surface area contributed by atoms with E-state index in [0.29, 0.717) is 24.3 Å². The van der Waals surface area contributed by atoms with E-state index in [1.165, 1.54) is 22.5 Å². The van der Waals surface area contributed by atoms with Crippen LogP contribution in [0.2, 0.25) is 0 Å². The van der Waals surface area contributed by atoms with E-state index in [9.17, 15) is 9.59 Å². The Balaban J connectivity index is 1.30. The fraction of sp³-hybridized carbons (Fsp3) is 0.296. The van der Waals surface area contributed by atoms with Crippen molar-refractivity contribution in [2.24, 2.45) is 0 Å². The zero-order valence-electron chi connectivity index (χ0n) is 19.9. The first-order valence-electron chi connectivity index (χ1n) is 11.5. The van der Waals surface area contributed by atoms with E-state index >= 15 is 0 Å². The summed E-state index contributed by atoms with van der Waals surface area (Å²) < 4.78 is 2.00. The van der Waals surface area contributed by atoms with E-state index < -0.39 is 0 Å². The van der Waals surface area contributed by atoms with Crippen LogP contribution < -0.4 is 5.32 Å². The lowest BCUT2D eigenvalue weighted by Gasteiger charge is -2.41. The monoisotopic (exact) mass is 472 g/mol. The summed E-state index contributed by atoms with van der Waals surface area (Å²) in [4.78, 5) is 33.5. The molecular weight excluding hydrogens is 444 g/mol. The number of rotatable bonds is 5. The fourth-order valence-corrected chi connectivity index (χ4v) is 5.49. The standard InChI is InChI=1S/C27H28N4O2S/c1-16-9-10-20(13-17(16)2)22-7-5-6-8-23(22)26(33)30-12-11-21(30)14-28-25(32)24-19(4)31-18(3)15-34-27(31)29-24/h5-10,13,15,21H,11-12,14H2,1-4H3,(H,28,32)/t21-/m1/s1. The van der Waals surface area contributed by atoms with Gasteiger partial charge in [-0.15, -0.1) is 11.3 Å². The van der Waals surface area contributed by atoms with Gasteiger partial charge in [0.15, 0.2) is 10.7 Å². The molecule has 34 heavy (non-hydrogen) atoms. The highest BCUT2D eigenvalue weighted by molar-refractivity contribution is 7.15. The number of carbonyl (C=O) groups excluding carboxylic acids is 2. The Kier molecular flexibility index (Phi) is 5.73. The van der Waals surface area contributed by atoms with Gasteiger partial charge in [-0.05, 0) is 62.4 Å². The Bertz CT molecular complexity index is 1420. The quantitative estimate of drug-likeness (QED) is 0.447. The first-order valence-corrected chi connectivity index (χ1v) is 12.4. The predicted octanol–water partition coefficient (Wildman–Crippen LogP) is 4.94. The van der Waals surface area contributed by atoms with Crippen LogP contribution in [0.25, 0.3) is 16.1 Å². The number of aromatic nitrogens is 2. The van der Waals surface area contributed by atoms with Crippen molar-refractivity contribution in [3.63, 3.8) is 0 Å². The largest absolute Gasteiger partial charge is 0.349 e. The third kappa shape index (κ3) is 3.80. The van der Waals surface area contributed by atoms with Crippen LogP contribution in [0.5, 0.6) is 0 Å². The van der Waals surface area contributed by atoms with Gasteiger partial charge in [0.05, 0.1) is 11.7 Å². The summed E-state index contributed by atoms with van der Waals surface area (Å²) in [6, 6.07) is 14.1. The summed E-state index contributed by atoms with van der Waals surface area (Å²) >= 11 is 1.53. The second kappa shape index (κ2) is 8.72. The van der Waals surface area contributed by atoms with E-state index in [1.54, 1.807) is 0 Å². The highest BCUT2D eigenvalue weighted by Crippen LogP contribution is 2.29. The molecule has 0 radical (unpaired) electrons. The molecule has 0 saturated carbocycles. The lowest BCUT2D eigenvalue weighted by molar-refractivity contribution is 0.0456. The highest BCUT2D eigenvalue weighted by Gasteiger charge is 2.34. The Morgan fingerprint density at radius 1 is 1.09 bits per heavy atom. The molecule has 1 atom stereocenters. The number of amides is 2. The summed E-state index contributed by atoms with van der Waals surface area (Å²) in [5.74, 6) is -0.184. The normalized spacial score (nSPS) is 15.4. The molecule has 2 amide bonds. The molecule has 0 spiro atoms. The second-order valence-corrected chi connectivity index (χ2v) is 9.87. The zero-order chi connectivity index (χ0) is 24.0. The summed E-state index contributed by atoms with van der Waals surface area (Å²) in [5, 5.41) is 5.04. The second-order valence-electron chi connectivity index (χ2n) is 9.04. The van der Waals surface area contributed by atoms with Gasteiger partial charge in [0.2, 0.25) is 0 Å². The Hall–Kier alpha value is -3.45. The van der Waals surface area contributed by atoms with E-state index in [-0.39, 0.29) is 17.9 Å². The van der Waals surface area contributed by atoms with E-state index in [0.717, 1.165) is 33.9 Å². The molecule has 1 saturated heterocycles. The van der Waals surface area contributed by atoms with E-state index in [2.05, 4.69) is 42.3 Å². The molecule has 5 rings (SSSR count). The Morgan fingerprint density at radius 2 is 1.88 bits per heavy atom. The van der Waals surface area contributed by atoms with Crippen LogP contribution in [-0.4, -0.2) is 45.2 Å². The van der Waals surface area contributed by atoms with E-state index in [1.807, 2.05) is 52.8 Å². The maximum Gasteiger partial charge on any atom is 0.271 e. The molecule has 174 valence electrons. The van der Waals surface area contributed by atoms with Gasteiger partial charge >= 0.3 is 0 Å². The lowest BCUT2D eigenvalue weighted by Crippen LogP contribution is -2.56. The van der Waals surface area contributed by atoms with Crippen molar-refractivity contribution >= 4 is 28.1 Å². The van der Waals surface area contributed by atoms with Crippen molar-refractivity contribution in [2.75, 3.05) is 13.1 Å². The molecule has 0 unspecified atom stereocenters. The molecule has 0 bridgehead atoms. The first-order chi connectivity index (χ1) is 16.3. The van der Waals surface area contributed by atoms with Gasteiger partial charge in [0, 0.05) is 29.7 Å². The van der Waals surface area contributed by atoms with E-state index in [4.69, 9.17) is 0 Å². The van der Waals surface area contributed by atoms with Gasteiger partial charge in [-0.3, -0.25) is 14.0 Å². The Morgan fingerprint density at radius 3 is 2.59 bits per heavy atom. The number of likely N-dealkylation sites (tertiary alicyclic amines) is 1. The van der Waals surface area contributed by atoms with Crippen molar-refractivity contribution < 1.29 is 9.59 Å². The number of thiazole rings is 1. The number of nitrogens with one attached hydrogen (secondary N) is 1. The van der Waals surface area contributed by atoms with Gasteiger partial charge in [-0.25, -0.2) is 4.98 Å². The summed E-state index contributed by atoms with van der Waals surface area (Å²) in [7, 11) is 0. The molecule has 4 aromatic rings. The molecular formula is C27H28N4O2S. The number of aryl methyl sites for hydroxylation is 4. The van der Waals surface area contributed by atoms with Crippen LogP contribution in [0, 0.1) is 27.7 Å².